The van der Waals surface area contributed by atoms with Crippen molar-refractivity contribution < 1.29 is 19.1 Å². The summed E-state index contributed by atoms with van der Waals surface area (Å²) in [7, 11) is 0. The number of nitrogens with one attached hydrogen (secondary N) is 2. The summed E-state index contributed by atoms with van der Waals surface area (Å²) in [6.07, 6.45) is 4.60. The predicted octanol–water partition coefficient (Wildman–Crippen LogP) is 6.89. The molecule has 2 atom stereocenters. The van der Waals surface area contributed by atoms with Gasteiger partial charge in [0, 0.05) is 18.5 Å². The third kappa shape index (κ3) is 12.0. The Morgan fingerprint density at radius 3 is 2.05 bits per heavy atom. The van der Waals surface area contributed by atoms with E-state index < -0.39 is 29.3 Å². The Morgan fingerprint density at radius 2 is 1.46 bits per heavy atom. The first-order valence-corrected chi connectivity index (χ1v) is 14.9. The number of unbranched alkanes of at least 4 members (excludes halogenated alkanes) is 4. The average Bonchev–Trinajstić information content (AvgIpc) is 2.86. The molecule has 0 spiro atoms. The summed E-state index contributed by atoms with van der Waals surface area (Å²) in [5.41, 5.74) is 1.37. The topological polar surface area (TPSA) is 87.7 Å². The van der Waals surface area contributed by atoms with Crippen LogP contribution in [0.2, 0.25) is 0 Å². The second-order valence-electron chi connectivity index (χ2n) is 12.8. The molecule has 0 aliphatic heterocycles. The van der Waals surface area contributed by atoms with Crippen molar-refractivity contribution in [3.05, 3.63) is 71.3 Å². The average molecular weight is 566 g/mol. The molecule has 0 bridgehead atoms. The molecule has 0 aliphatic rings. The number of ether oxygens (including phenoxy) is 1. The number of aryl methyl sites for hydroxylation is 1. The molecule has 41 heavy (non-hydrogen) atoms. The minimum Gasteiger partial charge on any atom is -0.444 e. The summed E-state index contributed by atoms with van der Waals surface area (Å²) < 4.78 is 5.54. The molecule has 0 saturated carbocycles. The van der Waals surface area contributed by atoms with Gasteiger partial charge in [0.05, 0.1) is 0 Å². The smallest absolute Gasteiger partial charge is 0.408 e. The van der Waals surface area contributed by atoms with Crippen molar-refractivity contribution in [2.75, 3.05) is 6.54 Å². The highest BCUT2D eigenvalue weighted by Crippen LogP contribution is 2.27. The Bertz CT molecular complexity index is 1120. The van der Waals surface area contributed by atoms with E-state index >= 15 is 0 Å². The van der Waals surface area contributed by atoms with Crippen LogP contribution in [0.5, 0.6) is 0 Å². The Morgan fingerprint density at radius 1 is 0.854 bits per heavy atom. The van der Waals surface area contributed by atoms with Crippen molar-refractivity contribution in [1.29, 1.82) is 0 Å². The zero-order valence-corrected chi connectivity index (χ0v) is 26.4. The maximum Gasteiger partial charge on any atom is 0.408 e. The lowest BCUT2D eigenvalue weighted by molar-refractivity contribution is -0.143. The van der Waals surface area contributed by atoms with Crippen molar-refractivity contribution in [3.8, 4) is 0 Å². The first-order valence-electron chi connectivity index (χ1n) is 14.9. The molecule has 2 N–H and O–H groups in total. The van der Waals surface area contributed by atoms with Crippen LogP contribution in [0.1, 0.15) is 103 Å². The van der Waals surface area contributed by atoms with E-state index in [1.165, 1.54) is 0 Å². The highest BCUT2D eigenvalue weighted by Gasteiger charge is 2.37. The Kier molecular flexibility index (Phi) is 12.9. The first-order chi connectivity index (χ1) is 19.2. The number of alkyl carbamates (subject to hydrolysis) is 1. The van der Waals surface area contributed by atoms with Gasteiger partial charge in [-0.15, -0.1) is 0 Å². The van der Waals surface area contributed by atoms with Crippen LogP contribution in [0.3, 0.4) is 0 Å². The second-order valence-corrected chi connectivity index (χ2v) is 12.8. The van der Waals surface area contributed by atoms with Crippen molar-refractivity contribution in [2.45, 2.75) is 117 Å². The molecule has 2 aromatic carbocycles. The fraction of sp³-hybridized carbons (Fsp3) is 0.559. The van der Waals surface area contributed by atoms with Crippen LogP contribution in [0.15, 0.2) is 54.6 Å². The fourth-order valence-electron chi connectivity index (χ4n) is 4.73. The van der Waals surface area contributed by atoms with Gasteiger partial charge in [-0.05, 0) is 71.6 Å². The molecule has 7 nitrogen and oxygen atoms in total. The Hall–Kier alpha value is -3.35. The number of hydrogen-bond acceptors (Lipinski definition) is 4. The van der Waals surface area contributed by atoms with Gasteiger partial charge in [-0.2, -0.15) is 0 Å². The summed E-state index contributed by atoms with van der Waals surface area (Å²) in [6.45, 7) is 15.7. The zero-order valence-electron chi connectivity index (χ0n) is 26.4. The van der Waals surface area contributed by atoms with Crippen LogP contribution in [0, 0.1) is 6.92 Å². The minimum absolute atomic E-state index is 0.246. The van der Waals surface area contributed by atoms with E-state index in [9.17, 15) is 14.4 Å². The fourth-order valence-corrected chi connectivity index (χ4v) is 4.73. The Balaban J connectivity index is 2.57. The van der Waals surface area contributed by atoms with Crippen molar-refractivity contribution in [1.82, 2.24) is 15.5 Å². The Labute approximate surface area is 247 Å². The predicted molar refractivity (Wildman–Crippen MR) is 166 cm³/mol. The lowest BCUT2D eigenvalue weighted by atomic mass is 9.95. The molecule has 2 aromatic rings. The van der Waals surface area contributed by atoms with Crippen LogP contribution in [0.4, 0.5) is 4.79 Å². The summed E-state index contributed by atoms with van der Waals surface area (Å²) >= 11 is 0. The van der Waals surface area contributed by atoms with Gasteiger partial charge in [-0.25, -0.2) is 4.79 Å². The molecule has 2 unspecified atom stereocenters. The number of nitrogens with zero attached hydrogens (tertiary/aromatic N) is 1. The van der Waals surface area contributed by atoms with Crippen LogP contribution < -0.4 is 10.6 Å². The van der Waals surface area contributed by atoms with E-state index in [2.05, 4.69) is 17.6 Å². The maximum atomic E-state index is 14.5. The lowest BCUT2D eigenvalue weighted by Gasteiger charge is -2.36. The lowest BCUT2D eigenvalue weighted by Crippen LogP contribution is -2.55. The maximum absolute atomic E-state index is 14.5. The molecular formula is C34H51N3O4. The molecule has 0 saturated heterocycles. The van der Waals surface area contributed by atoms with E-state index in [1.54, 1.807) is 25.7 Å². The summed E-state index contributed by atoms with van der Waals surface area (Å²) in [5.74, 6) is -0.558. The molecular weight excluding hydrogens is 514 g/mol. The van der Waals surface area contributed by atoms with Crippen molar-refractivity contribution >= 4 is 17.9 Å². The molecule has 0 aromatic heterocycles. The quantitative estimate of drug-likeness (QED) is 0.259. The van der Waals surface area contributed by atoms with Crippen LogP contribution in [-0.2, 0) is 20.7 Å². The van der Waals surface area contributed by atoms with Gasteiger partial charge >= 0.3 is 6.09 Å². The van der Waals surface area contributed by atoms with E-state index in [-0.39, 0.29) is 18.2 Å². The van der Waals surface area contributed by atoms with Crippen molar-refractivity contribution in [2.24, 2.45) is 0 Å². The summed E-state index contributed by atoms with van der Waals surface area (Å²) in [6, 6.07) is 15.5. The molecule has 0 aliphatic carbocycles. The van der Waals surface area contributed by atoms with Gasteiger partial charge in [0.1, 0.15) is 17.7 Å². The minimum atomic E-state index is -0.920. The molecule has 226 valence electrons. The van der Waals surface area contributed by atoms with Crippen LogP contribution >= 0.6 is 0 Å². The summed E-state index contributed by atoms with van der Waals surface area (Å²) in [4.78, 5) is 43.1. The van der Waals surface area contributed by atoms with Crippen LogP contribution in [0.25, 0.3) is 0 Å². The zero-order chi connectivity index (χ0) is 30.6. The van der Waals surface area contributed by atoms with Gasteiger partial charge in [0.25, 0.3) is 0 Å². The number of carbonyl (C=O) groups excluding carboxylic acids is 3. The number of benzene rings is 2. The first kappa shape index (κ1) is 33.9. The van der Waals surface area contributed by atoms with Gasteiger partial charge in [-0.3, -0.25) is 9.59 Å². The molecule has 0 fully saturated rings. The number of hydrogen-bond donors (Lipinski definition) is 2. The summed E-state index contributed by atoms with van der Waals surface area (Å²) in [5, 5.41) is 5.94. The molecule has 0 radical (unpaired) electrons. The van der Waals surface area contributed by atoms with Crippen molar-refractivity contribution in [3.63, 3.8) is 0 Å². The molecule has 0 heterocycles. The SMILES string of the molecule is CCCCCCCN(C(=O)C(Cc1ccccc1)NC(=O)OC(C)(C)C)C(C(=O)NC(C)(C)C)c1ccccc1C. The van der Waals surface area contributed by atoms with Gasteiger partial charge < -0.3 is 20.3 Å². The van der Waals surface area contributed by atoms with E-state index in [1.807, 2.05) is 82.3 Å². The van der Waals surface area contributed by atoms with E-state index in [0.717, 1.165) is 48.8 Å². The third-order valence-corrected chi connectivity index (χ3v) is 6.60. The molecule has 7 heteroatoms. The number of amides is 3. The molecule has 3 amide bonds. The largest absolute Gasteiger partial charge is 0.444 e. The highest BCUT2D eigenvalue weighted by atomic mass is 16.6. The van der Waals surface area contributed by atoms with E-state index in [4.69, 9.17) is 4.74 Å². The second kappa shape index (κ2) is 15.6. The number of rotatable bonds is 13. The monoisotopic (exact) mass is 565 g/mol. The highest BCUT2D eigenvalue weighted by molar-refractivity contribution is 5.92. The number of carbonyl (C=O) groups is 3. The van der Waals surface area contributed by atoms with Crippen LogP contribution in [-0.4, -0.2) is 46.5 Å². The van der Waals surface area contributed by atoms with Gasteiger partial charge in [0.2, 0.25) is 11.8 Å². The third-order valence-electron chi connectivity index (χ3n) is 6.60. The normalized spacial score (nSPS) is 13.2. The van der Waals surface area contributed by atoms with Gasteiger partial charge in [-0.1, -0.05) is 87.2 Å². The van der Waals surface area contributed by atoms with Gasteiger partial charge in [0.15, 0.2) is 0 Å². The van der Waals surface area contributed by atoms with E-state index in [0.29, 0.717) is 6.54 Å². The molecule has 2 rings (SSSR count). The standard InChI is InChI=1S/C34H51N3O4/c1-9-10-11-12-18-23-37(29(30(38)36-33(3,4)5)27-22-17-16-19-25(27)2)31(39)28(24-26-20-14-13-15-21-26)35-32(40)41-34(6,7)8/h13-17,19-22,28-29H,9-12,18,23-24H2,1-8H3,(H,35,40)(H,36,38).